The molecule has 0 aliphatic rings. The van der Waals surface area contributed by atoms with E-state index >= 15 is 0 Å². The molecule has 3 N–H and O–H groups in total. The molecule has 61 heavy (non-hydrogen) atoms. The predicted octanol–water partition coefficient (Wildman–Crippen LogP) is 8.86. The molecule has 372 valence electrons. The fraction of sp³-hybridized carbons (Fsp3) is 1.00. The van der Waals surface area contributed by atoms with Gasteiger partial charge < -0.3 is 15.5 Å². The number of hydrogen-bond acceptors (Lipinski definition) is 7. The number of alkyl halides is 22. The summed E-state index contributed by atoms with van der Waals surface area (Å²) in [5.74, 6) is -23.3. The van der Waals surface area contributed by atoms with Crippen molar-refractivity contribution in [3.8, 4) is 0 Å². The van der Waals surface area contributed by atoms with E-state index in [2.05, 4.69) is 29.7 Å². The van der Waals surface area contributed by atoms with Crippen molar-refractivity contribution in [1.29, 1.82) is 0 Å². The summed E-state index contributed by atoms with van der Waals surface area (Å²) in [6.45, 7) is 2.16. The average Bonchev–Trinajstić information content (AvgIpc) is 2.97. The molecule has 33 heteroatoms. The first kappa shape index (κ1) is 63.8. The molecule has 0 aromatic carbocycles. The van der Waals surface area contributed by atoms with E-state index in [4.69, 9.17) is 5.73 Å². The van der Waals surface area contributed by atoms with Gasteiger partial charge in [0.15, 0.2) is 0 Å². The van der Waals surface area contributed by atoms with Crippen molar-refractivity contribution in [2.24, 2.45) is 5.73 Å². The summed E-state index contributed by atoms with van der Waals surface area (Å²) in [4.78, 5) is 3.81. The van der Waals surface area contributed by atoms with Crippen LogP contribution < -0.4 is 10.5 Å². The maximum Gasteiger partial charge on any atom is 0.431 e. The Balaban J connectivity index is -0.000000968. The molecule has 0 bridgehead atoms. The first-order valence-corrected chi connectivity index (χ1v) is 20.6. The van der Waals surface area contributed by atoms with E-state index in [9.17, 15) is 113 Å². The molecule has 0 aromatic heterocycles. The summed E-state index contributed by atoms with van der Waals surface area (Å²) in [5, 5.41) is 0. The van der Waals surface area contributed by atoms with Crippen molar-refractivity contribution in [1.82, 2.24) is 14.5 Å². The first-order valence-electron chi connectivity index (χ1n) is 16.5. The lowest BCUT2D eigenvalue weighted by Crippen LogP contribution is -2.56. The lowest BCUT2D eigenvalue weighted by Gasteiger charge is -2.33. The molecule has 0 rings (SSSR count). The number of rotatable bonds is 22. The summed E-state index contributed by atoms with van der Waals surface area (Å²) in [6, 6.07) is 0. The van der Waals surface area contributed by atoms with Crippen LogP contribution >= 0.6 is 10.7 Å². The fourth-order valence-corrected chi connectivity index (χ4v) is 6.09. The largest absolute Gasteiger partial charge is 0.431 e. The molecule has 8 nitrogen and oxygen atoms in total. The third-order valence-corrected chi connectivity index (χ3v) is 9.74. The number of nitrogens with two attached hydrogens (primary N) is 1. The van der Waals surface area contributed by atoms with Gasteiger partial charge in [0.1, 0.15) is 0 Å². The Labute approximate surface area is 340 Å². The van der Waals surface area contributed by atoms with Crippen LogP contribution in [0.1, 0.15) is 51.4 Å². The number of sulfonamides is 1. The molecule has 0 saturated heterocycles. The highest BCUT2D eigenvalue weighted by molar-refractivity contribution is 8.13. The van der Waals surface area contributed by atoms with Gasteiger partial charge in [-0.05, 0) is 60.7 Å². The molecule has 0 radical (unpaired) electrons. The van der Waals surface area contributed by atoms with E-state index in [1.54, 1.807) is 19.0 Å². The zero-order chi connectivity index (χ0) is 49.8. The minimum absolute atomic E-state index is 0.177. The summed E-state index contributed by atoms with van der Waals surface area (Å²) in [7, 11) is 3.01. The van der Waals surface area contributed by atoms with Crippen LogP contribution in [-0.4, -0.2) is 152 Å². The molecule has 0 amide bonds. The highest BCUT2D eigenvalue weighted by Gasteiger charge is 2.76. The summed E-state index contributed by atoms with van der Waals surface area (Å²) in [5.41, 5.74) is -7.59. The fourth-order valence-electron chi connectivity index (χ4n) is 4.15. The van der Waals surface area contributed by atoms with Crippen molar-refractivity contribution < 1.29 is 113 Å². The molecular formula is C28H43ClF22N4O4S2. The van der Waals surface area contributed by atoms with E-state index in [0.717, 1.165) is 19.5 Å². The Morgan fingerprint density at radius 3 is 1.02 bits per heavy atom. The number of hydrogen-bond donors (Lipinski definition) is 2. The first-order chi connectivity index (χ1) is 26.4. The van der Waals surface area contributed by atoms with Gasteiger partial charge in [0.25, 0.3) is 23.7 Å². The Bertz CT molecular complexity index is 1480. The van der Waals surface area contributed by atoms with Crippen LogP contribution in [0.25, 0.3) is 0 Å². The smallest absolute Gasteiger partial charge is 0.330 e. The third-order valence-electron chi connectivity index (χ3n) is 7.20. The highest BCUT2D eigenvalue weighted by Crippen LogP contribution is 2.54. The maximum absolute atomic E-state index is 13.6. The molecule has 0 saturated carbocycles. The van der Waals surface area contributed by atoms with E-state index in [-0.39, 0.29) is 13.0 Å². The van der Waals surface area contributed by atoms with E-state index in [1.165, 1.54) is 0 Å². The van der Waals surface area contributed by atoms with Crippen LogP contribution in [0.2, 0.25) is 0 Å². The molecule has 0 fully saturated rings. The van der Waals surface area contributed by atoms with Gasteiger partial charge in [-0.15, -0.1) is 0 Å². The second-order valence-corrected chi connectivity index (χ2v) is 18.6. The van der Waals surface area contributed by atoms with Gasteiger partial charge in [0.2, 0.25) is 19.1 Å². The zero-order valence-corrected chi connectivity index (χ0v) is 34.4. The van der Waals surface area contributed by atoms with Gasteiger partial charge in [-0.1, -0.05) is 0 Å². The standard InChI is InChI=1S/C14H21F11N2O2S.C9H8ClF11O2S.C5H14N2/c1-27(2)6-3-5-26-30(28,29)7-4-10(15,16)8-11(17,18)9-12(19,13(20,21)22)14(23,24)25;10-24(22,23)2-1-5(11,12)3-6(13,14)4-7(15,8(16,17)18)9(19,20)21;1-7(2)5-3-4-6/h26H,3-9H2,1-2H3;1-4H2;3-6H2,1-2H3. The SMILES string of the molecule is CN(C)CCCN.CN(C)CCCNS(=O)(=O)CCC(F)(F)CC(F)(F)CC(F)(C(F)(F)F)C(F)(F)F.O=S(=O)(Cl)CCC(F)(F)CC(F)(F)CC(F)(C(F)(F)F)C(F)(F)F. The zero-order valence-electron chi connectivity index (χ0n) is 32.0. The van der Waals surface area contributed by atoms with Crippen LogP contribution in [0.3, 0.4) is 0 Å². The lowest BCUT2D eigenvalue weighted by atomic mass is 9.92. The quantitative estimate of drug-likeness (QED) is 0.0634. The molecule has 0 aliphatic carbocycles. The molecule has 0 unspecified atom stereocenters. The van der Waals surface area contributed by atoms with Gasteiger partial charge in [-0.3, -0.25) is 0 Å². The number of halogens is 23. The van der Waals surface area contributed by atoms with Crippen molar-refractivity contribution in [2.45, 2.75) is 111 Å². The Morgan fingerprint density at radius 2 is 0.770 bits per heavy atom. The summed E-state index contributed by atoms with van der Waals surface area (Å²) >= 11 is 0. The van der Waals surface area contributed by atoms with E-state index < -0.39 is 129 Å². The predicted molar refractivity (Wildman–Crippen MR) is 176 cm³/mol. The van der Waals surface area contributed by atoms with Crippen LogP contribution in [0.15, 0.2) is 0 Å². The van der Waals surface area contributed by atoms with E-state index in [1.807, 2.05) is 4.72 Å². The van der Waals surface area contributed by atoms with Crippen LogP contribution in [0, 0.1) is 0 Å². The maximum atomic E-state index is 13.6. The Hall–Kier alpha value is -1.51. The van der Waals surface area contributed by atoms with Crippen LogP contribution in [0.5, 0.6) is 0 Å². The van der Waals surface area contributed by atoms with Crippen molar-refractivity contribution in [3.63, 3.8) is 0 Å². The molecule has 0 aliphatic heterocycles. The molecular weight excluding hydrogens is 974 g/mol. The van der Waals surface area contributed by atoms with Crippen molar-refractivity contribution >= 4 is 29.8 Å². The number of nitrogens with zero attached hydrogens (tertiary/aromatic N) is 2. The topological polar surface area (TPSA) is 113 Å². The van der Waals surface area contributed by atoms with Crippen molar-refractivity contribution in [2.75, 3.05) is 65.9 Å². The molecule has 0 aromatic rings. The van der Waals surface area contributed by atoms with Crippen LogP contribution in [0.4, 0.5) is 96.6 Å². The van der Waals surface area contributed by atoms with Gasteiger partial charge in [-0.2, -0.15) is 52.7 Å². The lowest BCUT2D eigenvalue weighted by molar-refractivity contribution is -0.356. The average molecular weight is 1020 g/mol. The van der Waals surface area contributed by atoms with Gasteiger partial charge in [-0.25, -0.2) is 65.5 Å². The molecule has 0 heterocycles. The minimum atomic E-state index is -6.83. The van der Waals surface area contributed by atoms with Gasteiger partial charge in [0, 0.05) is 30.1 Å². The highest BCUT2D eigenvalue weighted by atomic mass is 35.7. The Morgan fingerprint density at radius 1 is 0.475 bits per heavy atom. The van der Waals surface area contributed by atoms with E-state index in [0.29, 0.717) is 6.54 Å². The number of nitrogens with one attached hydrogen (secondary N) is 1. The normalized spacial score (nSPS) is 14.8. The van der Waals surface area contributed by atoms with Gasteiger partial charge >= 0.3 is 36.0 Å². The summed E-state index contributed by atoms with van der Waals surface area (Å²) in [6.07, 6.45) is -42.7. The second kappa shape index (κ2) is 23.1. The minimum Gasteiger partial charge on any atom is -0.330 e. The van der Waals surface area contributed by atoms with Crippen LogP contribution in [-0.2, 0) is 19.1 Å². The monoisotopic (exact) mass is 1020 g/mol. The third kappa shape index (κ3) is 26.1. The van der Waals surface area contributed by atoms with Crippen molar-refractivity contribution in [3.05, 3.63) is 0 Å². The second-order valence-electron chi connectivity index (χ2n) is 13.8. The van der Waals surface area contributed by atoms with Gasteiger partial charge in [0.05, 0.1) is 37.2 Å². The summed E-state index contributed by atoms with van der Waals surface area (Å²) < 4.78 is 327. The molecule has 0 spiro atoms. The Kier molecular flexibility index (Phi) is 24.1. The molecule has 0 atom stereocenters.